The highest BCUT2D eigenvalue weighted by atomic mass is 15.1. The molecule has 4 nitrogen and oxygen atoms in total. The maximum absolute atomic E-state index is 6.13. The fraction of sp³-hybridized carbons (Fsp3) is 0.750. The molecule has 1 saturated heterocycles. The molecule has 2 rings (SSSR count). The van der Waals surface area contributed by atoms with Gasteiger partial charge in [0, 0.05) is 19.3 Å². The largest absolute Gasteiger partial charge is 0.333 e. The van der Waals surface area contributed by atoms with Crippen LogP contribution < -0.4 is 5.73 Å². The van der Waals surface area contributed by atoms with Crippen molar-refractivity contribution in [1.82, 2.24) is 14.5 Å². The number of hydrogen-bond acceptors (Lipinski definition) is 3. The third kappa shape index (κ3) is 2.44. The number of likely N-dealkylation sites (tertiary alicyclic amines) is 1. The summed E-state index contributed by atoms with van der Waals surface area (Å²) in [6, 6.07) is 0. The quantitative estimate of drug-likeness (QED) is 0.831. The Kier molecular flexibility index (Phi) is 3.04. The summed E-state index contributed by atoms with van der Waals surface area (Å²) in [4.78, 5) is 6.60. The van der Waals surface area contributed by atoms with Crippen LogP contribution in [0.15, 0.2) is 12.5 Å². The van der Waals surface area contributed by atoms with Crippen molar-refractivity contribution in [2.45, 2.75) is 32.4 Å². The first-order valence-electron chi connectivity index (χ1n) is 5.95. The highest BCUT2D eigenvalue weighted by molar-refractivity contribution is 5.10. The Balaban J connectivity index is 2.07. The molecule has 0 bridgehead atoms. The Morgan fingerprint density at radius 1 is 1.56 bits per heavy atom. The highest BCUT2D eigenvalue weighted by Gasteiger charge is 2.23. The Bertz CT molecular complexity index is 350. The number of rotatable bonds is 3. The fourth-order valence-corrected chi connectivity index (χ4v) is 2.46. The summed E-state index contributed by atoms with van der Waals surface area (Å²) in [6.07, 6.45) is 5.07. The molecule has 4 heteroatoms. The van der Waals surface area contributed by atoms with Gasteiger partial charge in [-0.3, -0.25) is 0 Å². The summed E-state index contributed by atoms with van der Waals surface area (Å²) >= 11 is 0. The lowest BCUT2D eigenvalue weighted by molar-refractivity contribution is 0.369. The molecule has 2 heterocycles. The molecule has 1 aliphatic heterocycles. The molecule has 0 aliphatic carbocycles. The van der Waals surface area contributed by atoms with E-state index in [9.17, 15) is 0 Å². The van der Waals surface area contributed by atoms with Gasteiger partial charge in [0.2, 0.25) is 0 Å². The summed E-state index contributed by atoms with van der Waals surface area (Å²) in [5.41, 5.74) is 6.95. The first-order chi connectivity index (χ1) is 7.47. The third-order valence-corrected chi connectivity index (χ3v) is 3.32. The van der Waals surface area contributed by atoms with E-state index in [1.54, 1.807) is 0 Å². The van der Waals surface area contributed by atoms with Crippen LogP contribution in [0.5, 0.6) is 0 Å². The highest BCUT2D eigenvalue weighted by Crippen LogP contribution is 2.21. The first-order valence-corrected chi connectivity index (χ1v) is 5.95. The lowest BCUT2D eigenvalue weighted by Crippen LogP contribution is -2.32. The van der Waals surface area contributed by atoms with Crippen molar-refractivity contribution >= 4 is 0 Å². The Morgan fingerprint density at radius 3 is 2.88 bits per heavy atom. The van der Waals surface area contributed by atoms with Gasteiger partial charge in [-0.05, 0) is 39.8 Å². The Labute approximate surface area is 97.4 Å². The molecule has 2 N–H and O–H groups in total. The van der Waals surface area contributed by atoms with E-state index in [0.29, 0.717) is 0 Å². The van der Waals surface area contributed by atoms with Crippen LogP contribution in [0.4, 0.5) is 0 Å². The number of aromatic nitrogens is 2. The van der Waals surface area contributed by atoms with Gasteiger partial charge in [0.25, 0.3) is 0 Å². The van der Waals surface area contributed by atoms with E-state index in [1.165, 1.54) is 19.5 Å². The average Bonchev–Trinajstić information content (AvgIpc) is 2.74. The maximum atomic E-state index is 6.13. The maximum Gasteiger partial charge on any atom is 0.0948 e. The minimum atomic E-state index is -0.305. The fourth-order valence-electron chi connectivity index (χ4n) is 2.46. The monoisotopic (exact) mass is 222 g/mol. The van der Waals surface area contributed by atoms with Gasteiger partial charge in [0.15, 0.2) is 0 Å². The van der Waals surface area contributed by atoms with E-state index in [-0.39, 0.29) is 5.54 Å². The van der Waals surface area contributed by atoms with E-state index in [1.807, 2.05) is 26.4 Å². The van der Waals surface area contributed by atoms with E-state index < -0.39 is 0 Å². The zero-order valence-corrected chi connectivity index (χ0v) is 10.5. The summed E-state index contributed by atoms with van der Waals surface area (Å²) < 4.78 is 2.21. The Morgan fingerprint density at radius 2 is 2.31 bits per heavy atom. The van der Waals surface area contributed by atoms with Crippen molar-refractivity contribution in [3.63, 3.8) is 0 Å². The molecular weight excluding hydrogens is 200 g/mol. The number of imidazole rings is 1. The number of nitrogens with zero attached hydrogens (tertiary/aromatic N) is 3. The van der Waals surface area contributed by atoms with Crippen molar-refractivity contribution < 1.29 is 0 Å². The van der Waals surface area contributed by atoms with Crippen molar-refractivity contribution in [2.24, 2.45) is 11.7 Å². The SMILES string of the molecule is CN1CCC(Cn2cncc2C(C)(C)N)C1. The van der Waals surface area contributed by atoms with Crippen LogP contribution in [-0.2, 0) is 12.1 Å². The second-order valence-electron chi connectivity index (χ2n) is 5.57. The lowest BCUT2D eigenvalue weighted by atomic mass is 10.0. The standard InChI is InChI=1S/C12H22N4/c1-12(2,13)11-6-14-9-16(11)8-10-4-5-15(3)7-10/h6,9-10H,4-5,7-8,13H2,1-3H3. The predicted octanol–water partition coefficient (Wildman–Crippen LogP) is 1.03. The second kappa shape index (κ2) is 4.18. The predicted molar refractivity (Wildman–Crippen MR) is 65.0 cm³/mol. The van der Waals surface area contributed by atoms with Crippen molar-refractivity contribution in [1.29, 1.82) is 0 Å². The minimum absolute atomic E-state index is 0.305. The molecule has 1 fully saturated rings. The topological polar surface area (TPSA) is 47.1 Å². The third-order valence-electron chi connectivity index (χ3n) is 3.32. The molecule has 1 aromatic rings. The van der Waals surface area contributed by atoms with E-state index in [2.05, 4.69) is 21.5 Å². The van der Waals surface area contributed by atoms with Crippen molar-refractivity contribution in [3.05, 3.63) is 18.2 Å². The minimum Gasteiger partial charge on any atom is -0.333 e. The summed E-state index contributed by atoms with van der Waals surface area (Å²) in [5.74, 6) is 0.736. The van der Waals surface area contributed by atoms with E-state index in [0.717, 1.165) is 18.2 Å². The number of hydrogen-bond donors (Lipinski definition) is 1. The zero-order valence-electron chi connectivity index (χ0n) is 10.5. The number of nitrogens with two attached hydrogens (primary N) is 1. The molecule has 1 aliphatic rings. The van der Waals surface area contributed by atoms with Gasteiger partial charge < -0.3 is 15.2 Å². The summed E-state index contributed by atoms with van der Waals surface area (Å²) in [6.45, 7) is 7.49. The molecule has 0 radical (unpaired) electrons. The van der Waals surface area contributed by atoms with Gasteiger partial charge >= 0.3 is 0 Å². The average molecular weight is 222 g/mol. The summed E-state index contributed by atoms with van der Waals surface area (Å²) in [7, 11) is 2.18. The molecule has 1 atom stereocenters. The van der Waals surface area contributed by atoms with Crippen LogP contribution in [0.25, 0.3) is 0 Å². The smallest absolute Gasteiger partial charge is 0.0948 e. The van der Waals surface area contributed by atoms with E-state index >= 15 is 0 Å². The molecule has 90 valence electrons. The molecule has 0 saturated carbocycles. The van der Waals surface area contributed by atoms with Crippen LogP contribution in [-0.4, -0.2) is 34.6 Å². The van der Waals surface area contributed by atoms with Gasteiger partial charge in [-0.15, -0.1) is 0 Å². The van der Waals surface area contributed by atoms with Crippen LogP contribution in [0.3, 0.4) is 0 Å². The van der Waals surface area contributed by atoms with Crippen LogP contribution in [0.2, 0.25) is 0 Å². The van der Waals surface area contributed by atoms with Gasteiger partial charge in [-0.2, -0.15) is 0 Å². The zero-order chi connectivity index (χ0) is 11.8. The molecule has 16 heavy (non-hydrogen) atoms. The van der Waals surface area contributed by atoms with Gasteiger partial charge in [0.05, 0.1) is 17.6 Å². The Hall–Kier alpha value is -0.870. The first kappa shape index (κ1) is 11.6. The molecular formula is C12H22N4. The van der Waals surface area contributed by atoms with Crippen LogP contribution in [0.1, 0.15) is 26.0 Å². The second-order valence-corrected chi connectivity index (χ2v) is 5.57. The van der Waals surface area contributed by atoms with Gasteiger partial charge in [-0.25, -0.2) is 4.98 Å². The molecule has 1 unspecified atom stereocenters. The van der Waals surface area contributed by atoms with Crippen molar-refractivity contribution in [2.75, 3.05) is 20.1 Å². The lowest BCUT2D eigenvalue weighted by Gasteiger charge is -2.22. The summed E-state index contributed by atoms with van der Waals surface area (Å²) in [5, 5.41) is 0. The molecule has 0 aromatic carbocycles. The molecule has 1 aromatic heterocycles. The van der Waals surface area contributed by atoms with Gasteiger partial charge in [0.1, 0.15) is 0 Å². The normalized spacial score (nSPS) is 22.9. The van der Waals surface area contributed by atoms with Gasteiger partial charge in [-0.1, -0.05) is 0 Å². The molecule has 0 spiro atoms. The van der Waals surface area contributed by atoms with E-state index in [4.69, 9.17) is 5.73 Å². The van der Waals surface area contributed by atoms with Crippen LogP contribution in [0, 0.1) is 5.92 Å². The van der Waals surface area contributed by atoms with Crippen molar-refractivity contribution in [3.8, 4) is 0 Å². The molecule has 0 amide bonds. The van der Waals surface area contributed by atoms with Crippen LogP contribution >= 0.6 is 0 Å².